The Hall–Kier alpha value is -1.53. The Labute approximate surface area is 181 Å². The van der Waals surface area contributed by atoms with Gasteiger partial charge >= 0.3 is 0 Å². The van der Waals surface area contributed by atoms with E-state index in [1.54, 1.807) is 36.2 Å². The van der Waals surface area contributed by atoms with E-state index < -0.39 is 0 Å². The third-order valence-electron chi connectivity index (χ3n) is 4.72. The van der Waals surface area contributed by atoms with Crippen LogP contribution in [0.5, 0.6) is 0 Å². The minimum atomic E-state index is -0.359. The number of carbonyl (C=O) groups excluding carboxylic acids is 1. The van der Waals surface area contributed by atoms with Gasteiger partial charge in [-0.3, -0.25) is 4.79 Å². The zero-order chi connectivity index (χ0) is 19.6. The molecule has 0 aromatic heterocycles. The Bertz CT molecular complexity index is 829. The third-order valence-corrected chi connectivity index (χ3v) is 5.15. The number of hydrogen-bond donors (Lipinski definition) is 1. The topological polar surface area (TPSA) is 35.6 Å². The minimum Gasteiger partial charge on any atom is -0.357 e. The van der Waals surface area contributed by atoms with E-state index in [2.05, 4.69) is 10.2 Å². The highest BCUT2D eigenvalue weighted by atomic mass is 35.5. The van der Waals surface area contributed by atoms with Gasteiger partial charge in [0.25, 0.3) is 0 Å². The molecule has 1 fully saturated rings. The maximum absolute atomic E-state index is 13.5. The normalized spacial score (nSPS) is 16.5. The van der Waals surface area contributed by atoms with Crippen LogP contribution in [-0.2, 0) is 11.3 Å². The van der Waals surface area contributed by atoms with E-state index in [1.165, 1.54) is 12.1 Å². The van der Waals surface area contributed by atoms with E-state index in [0.29, 0.717) is 29.7 Å². The second-order valence-corrected chi connectivity index (χ2v) is 7.69. The van der Waals surface area contributed by atoms with Gasteiger partial charge in [0, 0.05) is 49.0 Å². The van der Waals surface area contributed by atoms with Crippen LogP contribution in [0.1, 0.15) is 11.1 Å². The van der Waals surface area contributed by atoms with Crippen LogP contribution in [0, 0.1) is 12.7 Å². The van der Waals surface area contributed by atoms with Crippen molar-refractivity contribution >= 4 is 47.2 Å². The predicted octanol–water partition coefficient (Wildman–Crippen LogP) is 4.30. The van der Waals surface area contributed by atoms with Gasteiger partial charge in [0.1, 0.15) is 11.9 Å². The Morgan fingerprint density at radius 1 is 1.25 bits per heavy atom. The van der Waals surface area contributed by atoms with E-state index in [1.807, 2.05) is 6.92 Å². The van der Waals surface area contributed by atoms with Crippen LogP contribution in [0.15, 0.2) is 36.4 Å². The number of halogens is 4. The van der Waals surface area contributed by atoms with E-state index >= 15 is 0 Å². The van der Waals surface area contributed by atoms with Crippen molar-refractivity contribution in [2.24, 2.45) is 0 Å². The molecule has 1 unspecified atom stereocenters. The molecular formula is C20H23Cl3FN3O. The van der Waals surface area contributed by atoms with Crippen molar-refractivity contribution in [2.45, 2.75) is 19.5 Å². The molecule has 0 bridgehead atoms. The molecule has 1 aliphatic heterocycles. The van der Waals surface area contributed by atoms with Gasteiger partial charge in [0.05, 0.1) is 0 Å². The number of hydrogen-bond acceptors (Lipinski definition) is 3. The summed E-state index contributed by atoms with van der Waals surface area (Å²) >= 11 is 12.1. The fourth-order valence-electron chi connectivity index (χ4n) is 3.46. The number of carbonyl (C=O) groups is 1. The van der Waals surface area contributed by atoms with Crippen molar-refractivity contribution < 1.29 is 9.18 Å². The first-order valence-electron chi connectivity index (χ1n) is 8.78. The first kappa shape index (κ1) is 22.8. The fraction of sp³-hybridized carbons (Fsp3) is 0.350. The maximum atomic E-state index is 13.5. The molecule has 1 atom stereocenters. The molecule has 0 saturated carbocycles. The van der Waals surface area contributed by atoms with Crippen molar-refractivity contribution in [1.29, 1.82) is 0 Å². The maximum Gasteiger partial charge on any atom is 0.246 e. The molecule has 8 heteroatoms. The van der Waals surface area contributed by atoms with Gasteiger partial charge in [0.2, 0.25) is 5.91 Å². The standard InChI is InChI=1S/C20H22Cl2FN3O.ClH/c1-13-7-17(23)3-4-18(13)26-6-5-24-11-19(26)20(27)25(2)12-14-8-15(21)10-16(22)9-14;/h3-4,7-10,19,24H,5-6,11-12H2,1-2H3;1H. The lowest BCUT2D eigenvalue weighted by atomic mass is 10.1. The summed E-state index contributed by atoms with van der Waals surface area (Å²) < 4.78 is 13.5. The lowest BCUT2D eigenvalue weighted by Crippen LogP contribution is -2.58. The van der Waals surface area contributed by atoms with Crippen LogP contribution in [0.3, 0.4) is 0 Å². The molecule has 1 aliphatic rings. The summed E-state index contributed by atoms with van der Waals surface area (Å²) in [6.07, 6.45) is 0. The summed E-state index contributed by atoms with van der Waals surface area (Å²) in [6.45, 7) is 4.26. The van der Waals surface area contributed by atoms with E-state index in [0.717, 1.165) is 23.4 Å². The summed E-state index contributed by atoms with van der Waals surface area (Å²) in [7, 11) is 1.77. The molecule has 3 rings (SSSR count). The van der Waals surface area contributed by atoms with Crippen molar-refractivity contribution in [3.8, 4) is 0 Å². The number of likely N-dealkylation sites (N-methyl/N-ethyl adjacent to an activating group) is 1. The molecular weight excluding hydrogens is 424 g/mol. The quantitative estimate of drug-likeness (QED) is 0.760. The van der Waals surface area contributed by atoms with Crippen LogP contribution < -0.4 is 10.2 Å². The number of rotatable bonds is 4. The summed E-state index contributed by atoms with van der Waals surface area (Å²) in [5.74, 6) is -0.286. The molecule has 1 saturated heterocycles. The van der Waals surface area contributed by atoms with E-state index in [-0.39, 0.29) is 30.2 Å². The lowest BCUT2D eigenvalue weighted by Gasteiger charge is -2.39. The van der Waals surface area contributed by atoms with Gasteiger partial charge in [0.15, 0.2) is 0 Å². The van der Waals surface area contributed by atoms with Gasteiger partial charge < -0.3 is 15.1 Å². The lowest BCUT2D eigenvalue weighted by molar-refractivity contribution is -0.132. The Kier molecular flexibility index (Phi) is 7.96. The van der Waals surface area contributed by atoms with Crippen molar-refractivity contribution in [1.82, 2.24) is 10.2 Å². The predicted molar refractivity (Wildman–Crippen MR) is 115 cm³/mol. The number of anilines is 1. The second-order valence-electron chi connectivity index (χ2n) is 6.82. The molecule has 0 radical (unpaired) electrons. The average Bonchev–Trinajstić information content (AvgIpc) is 2.60. The van der Waals surface area contributed by atoms with Gasteiger partial charge in [-0.15, -0.1) is 12.4 Å². The SMILES string of the molecule is Cc1cc(F)ccc1N1CCNCC1C(=O)N(C)Cc1cc(Cl)cc(Cl)c1.Cl. The van der Waals surface area contributed by atoms with Crippen LogP contribution in [0.4, 0.5) is 10.1 Å². The summed E-state index contributed by atoms with van der Waals surface area (Å²) in [5, 5.41) is 4.36. The molecule has 0 aliphatic carbocycles. The van der Waals surface area contributed by atoms with Gasteiger partial charge in [-0.1, -0.05) is 23.2 Å². The monoisotopic (exact) mass is 445 g/mol. The fourth-order valence-corrected chi connectivity index (χ4v) is 4.03. The zero-order valence-corrected chi connectivity index (χ0v) is 18.0. The second kappa shape index (κ2) is 9.79. The Balaban J connectivity index is 0.00000280. The van der Waals surface area contributed by atoms with Gasteiger partial charge in [-0.2, -0.15) is 0 Å². The van der Waals surface area contributed by atoms with E-state index in [9.17, 15) is 9.18 Å². The molecule has 4 nitrogen and oxygen atoms in total. The van der Waals surface area contributed by atoms with E-state index in [4.69, 9.17) is 23.2 Å². The highest BCUT2D eigenvalue weighted by molar-refractivity contribution is 6.34. The molecule has 2 aromatic carbocycles. The highest BCUT2D eigenvalue weighted by Gasteiger charge is 2.31. The van der Waals surface area contributed by atoms with Crippen molar-refractivity contribution in [3.05, 3.63) is 63.4 Å². The molecule has 1 N–H and O–H groups in total. The third kappa shape index (κ3) is 5.29. The minimum absolute atomic E-state index is 0. The number of nitrogens with zero attached hydrogens (tertiary/aromatic N) is 2. The molecule has 1 amide bonds. The Morgan fingerprint density at radius 3 is 2.57 bits per heavy atom. The van der Waals surface area contributed by atoms with Gasteiger partial charge in [-0.05, 0) is 54.4 Å². The largest absolute Gasteiger partial charge is 0.357 e. The molecule has 1 heterocycles. The summed E-state index contributed by atoms with van der Waals surface area (Å²) in [6, 6.07) is 9.59. The molecule has 2 aromatic rings. The Morgan fingerprint density at radius 2 is 1.93 bits per heavy atom. The van der Waals surface area contributed by atoms with Crippen LogP contribution in [0.2, 0.25) is 10.0 Å². The first-order valence-corrected chi connectivity index (χ1v) is 9.54. The smallest absolute Gasteiger partial charge is 0.246 e. The van der Waals surface area contributed by atoms with Crippen LogP contribution in [0.25, 0.3) is 0 Å². The van der Waals surface area contributed by atoms with Crippen LogP contribution >= 0.6 is 35.6 Å². The summed E-state index contributed by atoms with van der Waals surface area (Å²) in [4.78, 5) is 16.9. The molecule has 0 spiro atoms. The average molecular weight is 447 g/mol. The van der Waals surface area contributed by atoms with Crippen molar-refractivity contribution in [2.75, 3.05) is 31.6 Å². The number of nitrogens with one attached hydrogen (secondary N) is 1. The molecule has 152 valence electrons. The molecule has 28 heavy (non-hydrogen) atoms. The first-order chi connectivity index (χ1) is 12.8. The zero-order valence-electron chi connectivity index (χ0n) is 15.7. The number of aryl methyl sites for hydroxylation is 1. The number of benzene rings is 2. The van der Waals surface area contributed by atoms with Gasteiger partial charge in [-0.25, -0.2) is 4.39 Å². The summed E-state index contributed by atoms with van der Waals surface area (Å²) in [5.41, 5.74) is 2.58. The van der Waals surface area contributed by atoms with Crippen LogP contribution in [-0.4, -0.2) is 43.5 Å². The number of piperazine rings is 1. The van der Waals surface area contributed by atoms with Crippen molar-refractivity contribution in [3.63, 3.8) is 0 Å². The highest BCUT2D eigenvalue weighted by Crippen LogP contribution is 2.25. The number of amides is 1.